The minimum atomic E-state index is -3.36. The van der Waals surface area contributed by atoms with Gasteiger partial charge in [-0.2, -0.15) is 0 Å². The Balaban J connectivity index is 1.79. The zero-order chi connectivity index (χ0) is 20.8. The maximum atomic E-state index is 15.1. The van der Waals surface area contributed by atoms with Gasteiger partial charge in [-0.1, -0.05) is 0 Å². The molecule has 0 saturated heterocycles. The smallest absolute Gasteiger partial charge is 0.227 e. The normalized spacial score (nSPS) is 19.1. The van der Waals surface area contributed by atoms with E-state index in [0.717, 1.165) is 29.5 Å². The number of benzene rings is 1. The predicted octanol–water partition coefficient (Wildman–Crippen LogP) is 3.11. The molecule has 1 aromatic heterocycles. The highest BCUT2D eigenvalue weighted by atomic mass is 32.2. The van der Waals surface area contributed by atoms with E-state index in [9.17, 15) is 13.2 Å². The van der Waals surface area contributed by atoms with Crippen LogP contribution in [0.3, 0.4) is 0 Å². The lowest BCUT2D eigenvalue weighted by Crippen LogP contribution is -2.32. The number of hydrogen-bond acceptors (Lipinski definition) is 4. The van der Waals surface area contributed by atoms with E-state index in [-0.39, 0.29) is 17.7 Å². The summed E-state index contributed by atoms with van der Waals surface area (Å²) < 4.78 is 42.0. The fraction of sp³-hybridized carbons (Fsp3) is 0.429. The summed E-state index contributed by atoms with van der Waals surface area (Å²) in [6, 6.07) is 2.88. The molecule has 1 aliphatic carbocycles. The summed E-state index contributed by atoms with van der Waals surface area (Å²) in [6.45, 7) is 1.60. The van der Waals surface area contributed by atoms with Gasteiger partial charge in [0.25, 0.3) is 0 Å². The zero-order valence-corrected chi connectivity index (χ0v) is 17.4. The molecular formula is C21H24FN3O3S. The van der Waals surface area contributed by atoms with Crippen LogP contribution in [-0.4, -0.2) is 32.1 Å². The molecule has 2 aromatic rings. The largest absolute Gasteiger partial charge is 0.315 e. The van der Waals surface area contributed by atoms with Crippen LogP contribution in [-0.2, 0) is 27.7 Å². The summed E-state index contributed by atoms with van der Waals surface area (Å²) >= 11 is 0. The number of aryl methyl sites for hydroxylation is 1. The van der Waals surface area contributed by atoms with E-state index >= 15 is 4.39 Å². The Labute approximate surface area is 170 Å². The van der Waals surface area contributed by atoms with E-state index in [2.05, 4.69) is 9.71 Å². The van der Waals surface area contributed by atoms with Crippen LogP contribution < -0.4 is 9.62 Å². The summed E-state index contributed by atoms with van der Waals surface area (Å²) in [4.78, 5) is 17.7. The standard InChI is InChI=1S/C21H24FN3O3S/c1-3-29(27,28)24-19-6-4-5-14-16(11-23-12-17(14)19)15-9-13-7-8-21(26)25(2)20(13)10-18(15)22/h9-12,19,24H,3-8H2,1-2H3/t19-/m0/s1. The van der Waals surface area contributed by atoms with Crippen LogP contribution in [0.5, 0.6) is 0 Å². The number of fused-ring (bicyclic) bond motifs is 2. The molecule has 1 aliphatic heterocycles. The summed E-state index contributed by atoms with van der Waals surface area (Å²) in [5, 5.41) is 0. The van der Waals surface area contributed by atoms with Gasteiger partial charge in [0.2, 0.25) is 15.9 Å². The molecule has 0 fully saturated rings. The van der Waals surface area contributed by atoms with Gasteiger partial charge in [0, 0.05) is 48.7 Å². The van der Waals surface area contributed by atoms with Gasteiger partial charge in [-0.25, -0.2) is 17.5 Å². The number of pyridine rings is 1. The number of carbonyl (C=O) groups excluding carboxylic acids is 1. The lowest BCUT2D eigenvalue weighted by atomic mass is 9.84. The molecule has 1 atom stereocenters. The van der Waals surface area contributed by atoms with Crippen LogP contribution in [0, 0.1) is 5.82 Å². The van der Waals surface area contributed by atoms with E-state index in [1.54, 1.807) is 26.4 Å². The summed E-state index contributed by atoms with van der Waals surface area (Å²) in [5.41, 5.74) is 4.44. The molecule has 2 aliphatic rings. The third kappa shape index (κ3) is 3.67. The number of halogens is 1. The number of anilines is 1. The van der Waals surface area contributed by atoms with Crippen molar-refractivity contribution in [2.45, 2.75) is 45.1 Å². The molecule has 4 rings (SSSR count). The van der Waals surface area contributed by atoms with Gasteiger partial charge in [0.05, 0.1) is 5.75 Å². The van der Waals surface area contributed by atoms with Crippen molar-refractivity contribution in [3.8, 4) is 11.1 Å². The first-order chi connectivity index (χ1) is 13.8. The predicted molar refractivity (Wildman–Crippen MR) is 110 cm³/mol. The Kier molecular flexibility index (Phi) is 5.16. The van der Waals surface area contributed by atoms with Gasteiger partial charge in [0.15, 0.2) is 0 Å². The lowest BCUT2D eigenvalue weighted by molar-refractivity contribution is -0.118. The first-order valence-electron chi connectivity index (χ1n) is 9.87. The van der Waals surface area contributed by atoms with Gasteiger partial charge in [-0.15, -0.1) is 0 Å². The molecule has 0 saturated carbocycles. The fourth-order valence-electron chi connectivity index (χ4n) is 4.25. The molecule has 2 heterocycles. The van der Waals surface area contributed by atoms with Crippen LogP contribution >= 0.6 is 0 Å². The third-order valence-electron chi connectivity index (χ3n) is 5.89. The van der Waals surface area contributed by atoms with Crippen molar-refractivity contribution in [3.63, 3.8) is 0 Å². The molecular weight excluding hydrogens is 393 g/mol. The van der Waals surface area contributed by atoms with Crippen LogP contribution in [0.25, 0.3) is 11.1 Å². The minimum absolute atomic E-state index is 0.0115. The highest BCUT2D eigenvalue weighted by Crippen LogP contribution is 2.39. The third-order valence-corrected chi connectivity index (χ3v) is 7.29. The van der Waals surface area contributed by atoms with Crippen molar-refractivity contribution >= 4 is 21.6 Å². The Morgan fingerprint density at radius 2 is 2.00 bits per heavy atom. The van der Waals surface area contributed by atoms with E-state index in [1.165, 1.54) is 11.0 Å². The topological polar surface area (TPSA) is 79.4 Å². The molecule has 0 spiro atoms. The first-order valence-corrected chi connectivity index (χ1v) is 11.5. The summed E-state index contributed by atoms with van der Waals surface area (Å²) in [6.07, 6.45) is 6.56. The lowest BCUT2D eigenvalue weighted by Gasteiger charge is -2.29. The van der Waals surface area contributed by atoms with Crippen LogP contribution in [0.2, 0.25) is 0 Å². The SMILES string of the molecule is CCS(=O)(=O)N[C@H]1CCCc2c(-c3cc4c(cc3F)N(C)C(=O)CC4)cncc21. The second-order valence-corrected chi connectivity index (χ2v) is 9.68. The molecule has 8 heteroatoms. The highest BCUT2D eigenvalue weighted by molar-refractivity contribution is 7.89. The van der Waals surface area contributed by atoms with E-state index < -0.39 is 15.8 Å². The summed E-state index contributed by atoms with van der Waals surface area (Å²) in [5.74, 6) is -0.413. The molecule has 1 amide bonds. The maximum Gasteiger partial charge on any atom is 0.227 e. The van der Waals surface area contributed by atoms with E-state index in [1.807, 2.05) is 6.07 Å². The van der Waals surface area contributed by atoms with Gasteiger partial charge in [-0.3, -0.25) is 9.78 Å². The quantitative estimate of drug-likeness (QED) is 0.829. The van der Waals surface area contributed by atoms with Crippen molar-refractivity contribution in [3.05, 3.63) is 47.0 Å². The van der Waals surface area contributed by atoms with Crippen molar-refractivity contribution in [1.82, 2.24) is 9.71 Å². The minimum Gasteiger partial charge on any atom is -0.315 e. The average Bonchev–Trinajstić information content (AvgIpc) is 2.71. The molecule has 0 bridgehead atoms. The second kappa shape index (κ2) is 7.50. The monoisotopic (exact) mass is 417 g/mol. The molecule has 154 valence electrons. The second-order valence-electron chi connectivity index (χ2n) is 7.63. The van der Waals surface area contributed by atoms with Crippen LogP contribution in [0.4, 0.5) is 10.1 Å². The first kappa shape index (κ1) is 20.0. The average molecular weight is 418 g/mol. The van der Waals surface area contributed by atoms with Crippen molar-refractivity contribution in [2.75, 3.05) is 17.7 Å². The number of aromatic nitrogens is 1. The Hall–Kier alpha value is -2.32. The van der Waals surface area contributed by atoms with Gasteiger partial charge in [-0.05, 0) is 61.4 Å². The van der Waals surface area contributed by atoms with Crippen molar-refractivity contribution in [2.24, 2.45) is 0 Å². The maximum absolute atomic E-state index is 15.1. The molecule has 6 nitrogen and oxygen atoms in total. The molecule has 29 heavy (non-hydrogen) atoms. The Bertz CT molecular complexity index is 1080. The number of carbonyl (C=O) groups is 1. The van der Waals surface area contributed by atoms with E-state index in [0.29, 0.717) is 36.1 Å². The van der Waals surface area contributed by atoms with Gasteiger partial charge >= 0.3 is 0 Å². The van der Waals surface area contributed by atoms with Crippen molar-refractivity contribution < 1.29 is 17.6 Å². The van der Waals surface area contributed by atoms with Crippen molar-refractivity contribution in [1.29, 1.82) is 0 Å². The van der Waals surface area contributed by atoms with Gasteiger partial charge in [0.1, 0.15) is 5.82 Å². The molecule has 0 unspecified atom stereocenters. The molecule has 1 N–H and O–H groups in total. The number of nitrogens with zero attached hydrogens (tertiary/aromatic N) is 2. The zero-order valence-electron chi connectivity index (χ0n) is 16.5. The van der Waals surface area contributed by atoms with Crippen LogP contribution in [0.15, 0.2) is 24.5 Å². The number of amides is 1. The Morgan fingerprint density at radius 1 is 1.21 bits per heavy atom. The van der Waals surface area contributed by atoms with E-state index in [4.69, 9.17) is 0 Å². The number of nitrogens with one attached hydrogen (secondary N) is 1. The molecule has 0 radical (unpaired) electrons. The number of hydrogen-bond donors (Lipinski definition) is 1. The fourth-order valence-corrected chi connectivity index (χ4v) is 5.09. The summed E-state index contributed by atoms with van der Waals surface area (Å²) in [7, 11) is -1.70. The number of sulfonamides is 1. The highest BCUT2D eigenvalue weighted by Gasteiger charge is 2.28. The Morgan fingerprint density at radius 3 is 2.76 bits per heavy atom. The number of rotatable bonds is 4. The van der Waals surface area contributed by atoms with Crippen LogP contribution in [0.1, 0.15) is 48.9 Å². The van der Waals surface area contributed by atoms with Gasteiger partial charge < -0.3 is 4.90 Å². The molecule has 1 aromatic carbocycles.